The first-order chi connectivity index (χ1) is 12.0. The Morgan fingerprint density at radius 1 is 0.960 bits per heavy atom. The molecule has 0 aliphatic heterocycles. The van der Waals surface area contributed by atoms with Gasteiger partial charge in [-0.05, 0) is 25.1 Å². The fraction of sp³-hybridized carbons (Fsp3) is 0.278. The van der Waals surface area contributed by atoms with Gasteiger partial charge in [-0.25, -0.2) is 0 Å². The summed E-state index contributed by atoms with van der Waals surface area (Å²) in [5, 5.41) is 3.15. The number of rotatable bonds is 7. The zero-order chi connectivity index (χ0) is 18.4. The number of ether oxygens (including phenoxy) is 4. The summed E-state index contributed by atoms with van der Waals surface area (Å²) in [6, 6.07) is 10.1. The first-order valence-electron chi connectivity index (χ1n) is 7.51. The van der Waals surface area contributed by atoms with Crippen molar-refractivity contribution in [2.75, 3.05) is 26.6 Å². The van der Waals surface area contributed by atoms with Crippen LogP contribution in [0.2, 0.25) is 5.02 Å². The first kappa shape index (κ1) is 18.7. The quantitative estimate of drug-likeness (QED) is 0.809. The van der Waals surface area contributed by atoms with Crippen LogP contribution < -0.4 is 24.3 Å². The Labute approximate surface area is 151 Å². The largest absolute Gasteiger partial charge is 0.496 e. The Kier molecular flexibility index (Phi) is 6.36. The lowest BCUT2D eigenvalue weighted by atomic mass is 10.2. The maximum absolute atomic E-state index is 12.3. The predicted molar refractivity (Wildman–Crippen MR) is 96.3 cm³/mol. The van der Waals surface area contributed by atoms with Crippen LogP contribution in [-0.4, -0.2) is 33.3 Å². The highest BCUT2D eigenvalue weighted by Crippen LogP contribution is 2.29. The number of carbonyl (C=O) groups excluding carboxylic acids is 1. The van der Waals surface area contributed by atoms with Gasteiger partial charge < -0.3 is 24.3 Å². The summed E-state index contributed by atoms with van der Waals surface area (Å²) in [5.74, 6) is 1.83. The van der Waals surface area contributed by atoms with E-state index in [-0.39, 0.29) is 5.91 Å². The summed E-state index contributed by atoms with van der Waals surface area (Å²) >= 11 is 6.05. The highest BCUT2D eigenvalue weighted by Gasteiger charge is 2.16. The maximum Gasteiger partial charge on any atom is 0.265 e. The molecule has 0 spiro atoms. The normalized spacial score (nSPS) is 11.4. The van der Waals surface area contributed by atoms with Gasteiger partial charge in [0, 0.05) is 23.9 Å². The number of benzene rings is 2. The Morgan fingerprint density at radius 3 is 2.08 bits per heavy atom. The van der Waals surface area contributed by atoms with Crippen LogP contribution in [0.25, 0.3) is 0 Å². The fourth-order valence-electron chi connectivity index (χ4n) is 2.10. The molecule has 1 N–H and O–H groups in total. The minimum Gasteiger partial charge on any atom is -0.496 e. The molecule has 1 atom stereocenters. The highest BCUT2D eigenvalue weighted by molar-refractivity contribution is 6.32. The Morgan fingerprint density at radius 2 is 1.56 bits per heavy atom. The van der Waals surface area contributed by atoms with E-state index in [9.17, 15) is 4.79 Å². The molecule has 6 nitrogen and oxygen atoms in total. The lowest BCUT2D eigenvalue weighted by Gasteiger charge is -2.16. The Balaban J connectivity index is 2.06. The van der Waals surface area contributed by atoms with Gasteiger partial charge in [0.1, 0.15) is 23.0 Å². The summed E-state index contributed by atoms with van der Waals surface area (Å²) in [7, 11) is 4.61. The molecule has 0 unspecified atom stereocenters. The van der Waals surface area contributed by atoms with Crippen LogP contribution in [0.3, 0.4) is 0 Å². The Hall–Kier alpha value is -2.60. The first-order valence-corrected chi connectivity index (χ1v) is 7.88. The molecule has 0 aromatic heterocycles. The second kappa shape index (κ2) is 8.48. The number of amides is 1. The van der Waals surface area contributed by atoms with Gasteiger partial charge in [0.2, 0.25) is 0 Å². The molecule has 2 aromatic rings. The van der Waals surface area contributed by atoms with E-state index in [1.54, 1.807) is 57.5 Å². The molecular weight excluding hydrogens is 346 g/mol. The summed E-state index contributed by atoms with van der Waals surface area (Å²) < 4.78 is 21.1. The van der Waals surface area contributed by atoms with Crippen molar-refractivity contribution in [1.29, 1.82) is 0 Å². The smallest absolute Gasteiger partial charge is 0.265 e. The van der Waals surface area contributed by atoms with Gasteiger partial charge in [-0.3, -0.25) is 4.79 Å². The van der Waals surface area contributed by atoms with Crippen molar-refractivity contribution in [2.24, 2.45) is 0 Å². The van der Waals surface area contributed by atoms with E-state index in [4.69, 9.17) is 30.5 Å². The minimum atomic E-state index is -0.738. The summed E-state index contributed by atoms with van der Waals surface area (Å²) in [5.41, 5.74) is 0.550. The maximum atomic E-state index is 12.3. The monoisotopic (exact) mass is 365 g/mol. The minimum absolute atomic E-state index is 0.317. The van der Waals surface area contributed by atoms with E-state index in [0.29, 0.717) is 33.7 Å². The predicted octanol–water partition coefficient (Wildman–Crippen LogP) is 3.77. The zero-order valence-corrected chi connectivity index (χ0v) is 15.2. The highest BCUT2D eigenvalue weighted by atomic mass is 35.5. The topological polar surface area (TPSA) is 66.0 Å². The van der Waals surface area contributed by atoms with Crippen molar-refractivity contribution < 1.29 is 23.7 Å². The standard InChI is InChI=1S/C18H20ClNO5/c1-11(25-15-9-13(22-2)8-14(10-15)23-3)18(21)20-12-5-6-17(24-4)16(19)7-12/h5-11H,1-4H3,(H,20,21)/t11-/m0/s1. The van der Waals surface area contributed by atoms with Gasteiger partial charge in [0.15, 0.2) is 6.10 Å². The van der Waals surface area contributed by atoms with Crippen LogP contribution in [0.4, 0.5) is 5.69 Å². The molecule has 0 aliphatic rings. The van der Waals surface area contributed by atoms with Crippen LogP contribution >= 0.6 is 11.6 Å². The number of anilines is 1. The van der Waals surface area contributed by atoms with Gasteiger partial charge >= 0.3 is 0 Å². The third-order valence-electron chi connectivity index (χ3n) is 3.43. The van der Waals surface area contributed by atoms with Crippen molar-refractivity contribution in [1.82, 2.24) is 0 Å². The van der Waals surface area contributed by atoms with E-state index in [1.165, 1.54) is 7.11 Å². The van der Waals surface area contributed by atoms with Gasteiger partial charge in [-0.1, -0.05) is 11.6 Å². The van der Waals surface area contributed by atoms with Gasteiger partial charge in [-0.2, -0.15) is 0 Å². The van der Waals surface area contributed by atoms with Crippen molar-refractivity contribution in [3.8, 4) is 23.0 Å². The van der Waals surface area contributed by atoms with Crippen LogP contribution in [-0.2, 0) is 4.79 Å². The average molecular weight is 366 g/mol. The SMILES string of the molecule is COc1cc(OC)cc(O[C@@H](C)C(=O)Nc2ccc(OC)c(Cl)c2)c1. The molecule has 134 valence electrons. The number of hydrogen-bond acceptors (Lipinski definition) is 5. The van der Waals surface area contributed by atoms with Gasteiger partial charge in [-0.15, -0.1) is 0 Å². The Bertz CT molecular complexity index is 728. The lowest BCUT2D eigenvalue weighted by molar-refractivity contribution is -0.122. The molecule has 0 saturated carbocycles. The number of carbonyl (C=O) groups is 1. The molecular formula is C18H20ClNO5. The molecule has 0 saturated heterocycles. The lowest BCUT2D eigenvalue weighted by Crippen LogP contribution is -2.30. The van der Waals surface area contributed by atoms with Crippen molar-refractivity contribution in [3.63, 3.8) is 0 Å². The summed E-state index contributed by atoms with van der Waals surface area (Å²) in [6.45, 7) is 1.65. The number of methoxy groups -OCH3 is 3. The second-order valence-corrected chi connectivity index (χ2v) is 5.55. The molecule has 1 amide bonds. The van der Waals surface area contributed by atoms with Crippen molar-refractivity contribution in [2.45, 2.75) is 13.0 Å². The van der Waals surface area contributed by atoms with Crippen molar-refractivity contribution in [3.05, 3.63) is 41.4 Å². The molecule has 0 fully saturated rings. The van der Waals surface area contributed by atoms with E-state index >= 15 is 0 Å². The summed E-state index contributed by atoms with van der Waals surface area (Å²) in [6.07, 6.45) is -0.738. The van der Waals surface area contributed by atoms with E-state index in [1.807, 2.05) is 0 Å². The molecule has 7 heteroatoms. The van der Waals surface area contributed by atoms with Crippen LogP contribution in [0.15, 0.2) is 36.4 Å². The average Bonchev–Trinajstić information content (AvgIpc) is 2.61. The number of halogens is 1. The number of nitrogens with one attached hydrogen (secondary N) is 1. The molecule has 2 rings (SSSR count). The van der Waals surface area contributed by atoms with Gasteiger partial charge in [0.05, 0.1) is 26.4 Å². The zero-order valence-electron chi connectivity index (χ0n) is 14.5. The molecule has 25 heavy (non-hydrogen) atoms. The molecule has 0 heterocycles. The van der Waals surface area contributed by atoms with Crippen LogP contribution in [0.1, 0.15) is 6.92 Å². The second-order valence-electron chi connectivity index (χ2n) is 5.15. The molecule has 2 aromatic carbocycles. The van der Waals surface area contributed by atoms with E-state index in [2.05, 4.69) is 5.32 Å². The summed E-state index contributed by atoms with van der Waals surface area (Å²) in [4.78, 5) is 12.3. The van der Waals surface area contributed by atoms with Crippen molar-refractivity contribution >= 4 is 23.2 Å². The number of hydrogen-bond donors (Lipinski definition) is 1. The molecule has 0 aliphatic carbocycles. The van der Waals surface area contributed by atoms with E-state index < -0.39 is 6.10 Å². The fourth-order valence-corrected chi connectivity index (χ4v) is 2.35. The van der Waals surface area contributed by atoms with Gasteiger partial charge in [0.25, 0.3) is 5.91 Å². The van der Waals surface area contributed by atoms with Crippen LogP contribution in [0, 0.1) is 0 Å². The van der Waals surface area contributed by atoms with E-state index in [0.717, 1.165) is 0 Å². The van der Waals surface area contributed by atoms with Crippen LogP contribution in [0.5, 0.6) is 23.0 Å². The third-order valence-corrected chi connectivity index (χ3v) is 3.72. The third kappa shape index (κ3) is 4.93. The molecule has 0 bridgehead atoms. The molecule has 0 radical (unpaired) electrons.